The van der Waals surface area contributed by atoms with E-state index in [0.717, 1.165) is 81.1 Å². The van der Waals surface area contributed by atoms with Crippen LogP contribution in [0.25, 0.3) is 65.3 Å². The third-order valence-corrected chi connectivity index (χ3v) is 19.8. The summed E-state index contributed by atoms with van der Waals surface area (Å²) in [7, 11) is 0. The predicted octanol–water partition coefficient (Wildman–Crippen LogP) is 28.2. The summed E-state index contributed by atoms with van der Waals surface area (Å²) in [6, 6.07) is 136. The molecule has 0 fully saturated rings. The first-order chi connectivity index (χ1) is 49.3. The molecule has 4 heteroatoms. The summed E-state index contributed by atoms with van der Waals surface area (Å²) in [6.45, 7) is 9.10. The molecule has 0 heterocycles. The van der Waals surface area contributed by atoms with Crippen molar-refractivity contribution in [3.8, 4) is 22.3 Å². The summed E-state index contributed by atoms with van der Waals surface area (Å²) in [6.07, 6.45) is 2.24. The van der Waals surface area contributed by atoms with Gasteiger partial charge in [0.25, 0.3) is 0 Å². The molecule has 0 radical (unpaired) electrons. The molecule has 484 valence electrons. The highest BCUT2D eigenvalue weighted by atomic mass is 15.2. The highest BCUT2D eigenvalue weighted by Crippen LogP contribution is 2.47. The van der Waals surface area contributed by atoms with Crippen molar-refractivity contribution in [2.75, 3.05) is 19.6 Å². The van der Waals surface area contributed by atoms with E-state index in [-0.39, 0.29) is 0 Å². The van der Waals surface area contributed by atoms with Gasteiger partial charge in [0, 0.05) is 68.0 Å². The Hall–Kier alpha value is -12.2. The number of rotatable bonds is 18. The van der Waals surface area contributed by atoms with Crippen molar-refractivity contribution in [3.05, 3.63) is 387 Å². The van der Waals surface area contributed by atoms with Crippen LogP contribution in [0, 0.1) is 0 Å². The molecule has 4 nitrogen and oxygen atoms in total. The van der Waals surface area contributed by atoms with E-state index in [1.807, 2.05) is 0 Å². The molecule has 0 aliphatic rings. The van der Waals surface area contributed by atoms with E-state index in [1.54, 1.807) is 0 Å². The van der Waals surface area contributed by atoms with Gasteiger partial charge in [0.1, 0.15) is 0 Å². The van der Waals surface area contributed by atoms with Gasteiger partial charge in [-0.2, -0.15) is 0 Å². The summed E-state index contributed by atoms with van der Waals surface area (Å²) in [5, 5.41) is 9.91. The molecule has 0 spiro atoms. The minimum atomic E-state index is 0.519. The fourth-order valence-electron chi connectivity index (χ4n) is 14.0. The van der Waals surface area contributed by atoms with Crippen LogP contribution in [0.2, 0.25) is 0 Å². The molecule has 100 heavy (non-hydrogen) atoms. The molecule has 16 aromatic carbocycles. The molecule has 0 saturated heterocycles. The van der Waals surface area contributed by atoms with Crippen molar-refractivity contribution in [1.29, 1.82) is 0 Å². The summed E-state index contributed by atoms with van der Waals surface area (Å²) in [5.74, 6) is 1.05. The number of hydrogen-bond acceptors (Lipinski definition) is 4. The highest BCUT2D eigenvalue weighted by Gasteiger charge is 2.23. The van der Waals surface area contributed by atoms with E-state index in [1.165, 1.54) is 76.5 Å². The number of para-hydroxylation sites is 3. The second kappa shape index (κ2) is 29.2. The predicted molar refractivity (Wildman–Crippen MR) is 430 cm³/mol. The Bertz CT molecular complexity index is 5340. The minimum Gasteiger partial charge on any atom is -0.310 e. The van der Waals surface area contributed by atoms with E-state index in [0.29, 0.717) is 11.8 Å². The smallest absolute Gasteiger partial charge is 0.0540 e. The fraction of sp³-hybridized carbons (Fsp3) is 0.0833. The molecule has 0 aliphatic heterocycles. The maximum atomic E-state index is 2.41. The Morgan fingerprint density at radius 1 is 0.200 bits per heavy atom. The molecular weight excluding hydrogens is 1210 g/mol. The van der Waals surface area contributed by atoms with Gasteiger partial charge < -0.3 is 19.6 Å². The van der Waals surface area contributed by atoms with Gasteiger partial charge in [0.15, 0.2) is 0 Å². The van der Waals surface area contributed by atoms with Crippen LogP contribution in [0.5, 0.6) is 0 Å². The zero-order valence-corrected chi connectivity index (χ0v) is 57.2. The molecule has 16 aromatic rings. The van der Waals surface area contributed by atoms with Crippen molar-refractivity contribution in [1.82, 2.24) is 0 Å². The lowest BCUT2D eigenvalue weighted by molar-refractivity contribution is 0.733. The van der Waals surface area contributed by atoms with Gasteiger partial charge in [-0.15, -0.1) is 0 Å². The standard InChI is InChI=1S/C50H42N2.C46H38N2/c1-3-37(2)38-26-29-43(30-27-38)51(46-31-28-39-16-10-11-21-42(39)36-46)44-32-34-45(35-33-44)52(49-24-14-12-22-47(49)40-17-6-4-7-18-40)50-25-15-13-23-48(50)41-19-8-5-9-20-41;1-3-33(2)34-17-21-42(22-18-34)48(45-23-19-35-11-7-8-14-38(35)31-45)44-27-25-43(26-28-44)47(41-15-5-4-6-16-41)46-24-20-39-29-36-12-9-10-13-37(36)30-40(39)32-46/h4-37H,3H2,1-2H3;4-33H,3H2,1-2H3. The van der Waals surface area contributed by atoms with Crippen LogP contribution in [-0.4, -0.2) is 0 Å². The van der Waals surface area contributed by atoms with Gasteiger partial charge >= 0.3 is 0 Å². The molecule has 0 N–H and O–H groups in total. The molecule has 0 amide bonds. The fourth-order valence-corrected chi connectivity index (χ4v) is 14.0. The average molecular weight is 1290 g/mol. The zero-order valence-electron chi connectivity index (χ0n) is 57.2. The zero-order chi connectivity index (χ0) is 67.7. The first kappa shape index (κ1) is 63.8. The molecule has 0 aliphatic carbocycles. The van der Waals surface area contributed by atoms with Crippen molar-refractivity contribution in [2.24, 2.45) is 0 Å². The van der Waals surface area contributed by atoms with E-state index in [4.69, 9.17) is 0 Å². The van der Waals surface area contributed by atoms with E-state index < -0.39 is 0 Å². The van der Waals surface area contributed by atoms with Gasteiger partial charge in [-0.25, -0.2) is 0 Å². The summed E-state index contributed by atoms with van der Waals surface area (Å²) in [4.78, 5) is 9.50. The highest BCUT2D eigenvalue weighted by molar-refractivity contribution is 6.01. The van der Waals surface area contributed by atoms with Gasteiger partial charge in [0.2, 0.25) is 0 Å². The van der Waals surface area contributed by atoms with Gasteiger partial charge in [-0.3, -0.25) is 0 Å². The third-order valence-electron chi connectivity index (χ3n) is 19.8. The summed E-state index contributed by atoms with van der Waals surface area (Å²) < 4.78 is 0. The van der Waals surface area contributed by atoms with Crippen LogP contribution in [0.4, 0.5) is 68.2 Å². The van der Waals surface area contributed by atoms with Crippen molar-refractivity contribution in [2.45, 2.75) is 52.4 Å². The Balaban J connectivity index is 0.000000163. The molecule has 16 rings (SSSR count). The Kier molecular flexibility index (Phi) is 18.6. The average Bonchev–Trinajstić information content (AvgIpc) is 0.783. The maximum Gasteiger partial charge on any atom is 0.0540 e. The summed E-state index contributed by atoms with van der Waals surface area (Å²) in [5.41, 5.74) is 20.9. The third kappa shape index (κ3) is 13.5. The first-order valence-corrected chi connectivity index (χ1v) is 35.2. The monoisotopic (exact) mass is 1290 g/mol. The van der Waals surface area contributed by atoms with Crippen LogP contribution in [0.1, 0.15) is 63.5 Å². The van der Waals surface area contributed by atoms with E-state index in [2.05, 4.69) is 423 Å². The van der Waals surface area contributed by atoms with Crippen LogP contribution < -0.4 is 19.6 Å². The topological polar surface area (TPSA) is 13.0 Å². The van der Waals surface area contributed by atoms with Crippen molar-refractivity contribution >= 4 is 111 Å². The minimum absolute atomic E-state index is 0.519. The molecule has 0 saturated carbocycles. The molecule has 2 atom stereocenters. The molecular formula is C96H80N4. The van der Waals surface area contributed by atoms with Crippen molar-refractivity contribution in [3.63, 3.8) is 0 Å². The number of anilines is 12. The Morgan fingerprint density at radius 3 is 0.830 bits per heavy atom. The number of nitrogens with zero attached hydrogens (tertiary/aromatic N) is 4. The second-order valence-corrected chi connectivity index (χ2v) is 26.1. The largest absolute Gasteiger partial charge is 0.310 e. The normalized spacial score (nSPS) is 11.8. The van der Waals surface area contributed by atoms with Crippen LogP contribution in [-0.2, 0) is 0 Å². The lowest BCUT2D eigenvalue weighted by Gasteiger charge is -2.31. The number of fused-ring (bicyclic) bond motifs is 4. The summed E-state index contributed by atoms with van der Waals surface area (Å²) >= 11 is 0. The lowest BCUT2D eigenvalue weighted by atomic mass is 9.98. The maximum absolute atomic E-state index is 2.41. The molecule has 2 unspecified atom stereocenters. The second-order valence-electron chi connectivity index (χ2n) is 26.1. The SMILES string of the molecule is CCC(C)c1ccc(N(c2ccc(N(c3ccccc3)c3ccc4cc5ccccc5cc4c3)cc2)c2ccc3ccccc3c2)cc1.CCC(C)c1ccc(N(c2ccc(N(c3ccccc3-c3ccccc3)c3ccccc3-c3ccccc3)cc2)c2ccc3ccccc3c2)cc1. The number of benzene rings is 16. The number of hydrogen-bond donors (Lipinski definition) is 0. The quantitative estimate of drug-likeness (QED) is 0.0794. The van der Waals surface area contributed by atoms with E-state index in [9.17, 15) is 0 Å². The van der Waals surface area contributed by atoms with Gasteiger partial charge in [0.05, 0.1) is 11.4 Å². The van der Waals surface area contributed by atoms with Crippen molar-refractivity contribution < 1.29 is 0 Å². The van der Waals surface area contributed by atoms with Crippen LogP contribution in [0.3, 0.4) is 0 Å². The van der Waals surface area contributed by atoms with Gasteiger partial charge in [-0.05, 0) is 236 Å². The van der Waals surface area contributed by atoms with Gasteiger partial charge in [-0.1, -0.05) is 258 Å². The van der Waals surface area contributed by atoms with Crippen LogP contribution >= 0.6 is 0 Å². The Labute approximate surface area is 589 Å². The lowest BCUT2D eigenvalue weighted by Crippen LogP contribution is -2.13. The van der Waals surface area contributed by atoms with Crippen LogP contribution in [0.15, 0.2) is 376 Å². The molecule has 0 bridgehead atoms. The molecule has 0 aromatic heterocycles. The first-order valence-electron chi connectivity index (χ1n) is 35.2. The van der Waals surface area contributed by atoms with E-state index >= 15 is 0 Å². The Morgan fingerprint density at radius 2 is 0.450 bits per heavy atom.